The SMILES string of the molecule is C=C/C(=C\C=C(C)C)N1CCC(=O)NC1=O. The largest absolute Gasteiger partial charge is 0.328 e. The molecule has 0 unspecified atom stereocenters. The third-order valence-electron chi connectivity index (χ3n) is 2.16. The van der Waals surface area contributed by atoms with Gasteiger partial charge in [-0.3, -0.25) is 15.0 Å². The van der Waals surface area contributed by atoms with Gasteiger partial charge in [0.15, 0.2) is 0 Å². The predicted molar refractivity (Wildman–Crippen MR) is 62.6 cm³/mol. The molecule has 0 aromatic carbocycles. The van der Waals surface area contributed by atoms with Crippen LogP contribution in [0.4, 0.5) is 4.79 Å². The van der Waals surface area contributed by atoms with Gasteiger partial charge in [-0.25, -0.2) is 4.79 Å². The second-order valence-electron chi connectivity index (χ2n) is 3.79. The Morgan fingerprint density at radius 3 is 2.56 bits per heavy atom. The maximum atomic E-state index is 11.5. The molecule has 0 radical (unpaired) electrons. The van der Waals surface area contributed by atoms with Crippen LogP contribution in [0.3, 0.4) is 0 Å². The Bertz CT molecular complexity index is 376. The molecule has 4 heteroatoms. The van der Waals surface area contributed by atoms with E-state index in [0.717, 1.165) is 5.57 Å². The lowest BCUT2D eigenvalue weighted by molar-refractivity contribution is -0.121. The molecule has 1 aliphatic heterocycles. The number of allylic oxidation sites excluding steroid dienone is 4. The summed E-state index contributed by atoms with van der Waals surface area (Å²) >= 11 is 0. The Hall–Kier alpha value is -1.84. The van der Waals surface area contributed by atoms with Crippen LogP contribution in [0, 0.1) is 0 Å². The van der Waals surface area contributed by atoms with Crippen LogP contribution in [-0.2, 0) is 4.79 Å². The zero-order valence-corrected chi connectivity index (χ0v) is 9.62. The fourth-order valence-electron chi connectivity index (χ4n) is 1.33. The highest BCUT2D eigenvalue weighted by Gasteiger charge is 2.24. The first-order valence-corrected chi connectivity index (χ1v) is 5.13. The van der Waals surface area contributed by atoms with Gasteiger partial charge in [-0.15, -0.1) is 0 Å². The predicted octanol–water partition coefficient (Wildman–Crippen LogP) is 1.96. The zero-order chi connectivity index (χ0) is 12.1. The first kappa shape index (κ1) is 12.2. The summed E-state index contributed by atoms with van der Waals surface area (Å²) in [7, 11) is 0. The van der Waals surface area contributed by atoms with Gasteiger partial charge >= 0.3 is 6.03 Å². The molecule has 0 aromatic heterocycles. The molecule has 1 N–H and O–H groups in total. The third-order valence-corrected chi connectivity index (χ3v) is 2.16. The van der Waals surface area contributed by atoms with Crippen LogP contribution in [0.1, 0.15) is 20.3 Å². The van der Waals surface area contributed by atoms with E-state index in [1.165, 1.54) is 4.90 Å². The topological polar surface area (TPSA) is 49.4 Å². The summed E-state index contributed by atoms with van der Waals surface area (Å²) in [6, 6.07) is -0.385. The first-order valence-electron chi connectivity index (χ1n) is 5.13. The van der Waals surface area contributed by atoms with E-state index in [2.05, 4.69) is 11.9 Å². The molecule has 86 valence electrons. The molecule has 0 saturated carbocycles. The van der Waals surface area contributed by atoms with Gasteiger partial charge in [-0.2, -0.15) is 0 Å². The van der Waals surface area contributed by atoms with Crippen LogP contribution in [0.5, 0.6) is 0 Å². The van der Waals surface area contributed by atoms with Gasteiger partial charge in [0.2, 0.25) is 5.91 Å². The Kier molecular flexibility index (Phi) is 4.05. The van der Waals surface area contributed by atoms with E-state index >= 15 is 0 Å². The number of hydrogen-bond acceptors (Lipinski definition) is 2. The van der Waals surface area contributed by atoms with Gasteiger partial charge < -0.3 is 0 Å². The number of hydrogen-bond donors (Lipinski definition) is 1. The third kappa shape index (κ3) is 3.08. The number of carbonyl (C=O) groups is 2. The van der Waals surface area contributed by atoms with E-state index in [1.54, 1.807) is 6.08 Å². The van der Waals surface area contributed by atoms with Gasteiger partial charge in [0.05, 0.1) is 0 Å². The van der Waals surface area contributed by atoms with Crippen LogP contribution in [-0.4, -0.2) is 23.4 Å². The van der Waals surface area contributed by atoms with Gasteiger partial charge in [0.1, 0.15) is 0 Å². The molecule has 0 aromatic rings. The molecule has 3 amide bonds. The average molecular weight is 220 g/mol. The summed E-state index contributed by atoms with van der Waals surface area (Å²) in [4.78, 5) is 24.0. The number of amides is 3. The zero-order valence-electron chi connectivity index (χ0n) is 9.62. The summed E-state index contributed by atoms with van der Waals surface area (Å²) in [5.41, 5.74) is 1.83. The lowest BCUT2D eigenvalue weighted by atomic mass is 10.2. The Morgan fingerprint density at radius 1 is 1.38 bits per heavy atom. The van der Waals surface area contributed by atoms with Crippen molar-refractivity contribution in [3.05, 3.63) is 36.1 Å². The highest BCUT2D eigenvalue weighted by Crippen LogP contribution is 2.11. The molecule has 1 heterocycles. The summed E-state index contributed by atoms with van der Waals surface area (Å²) in [6.45, 7) is 8.00. The van der Waals surface area contributed by atoms with Crippen molar-refractivity contribution in [1.82, 2.24) is 10.2 Å². The van der Waals surface area contributed by atoms with E-state index in [0.29, 0.717) is 18.7 Å². The molecular formula is C12H16N2O2. The molecule has 0 bridgehead atoms. The van der Waals surface area contributed by atoms with E-state index in [1.807, 2.05) is 26.0 Å². The average Bonchev–Trinajstić information content (AvgIpc) is 2.21. The highest BCUT2D eigenvalue weighted by molar-refractivity contribution is 5.97. The van der Waals surface area contributed by atoms with Crippen LogP contribution in [0.2, 0.25) is 0 Å². The molecule has 16 heavy (non-hydrogen) atoms. The van der Waals surface area contributed by atoms with Crippen molar-refractivity contribution in [3.63, 3.8) is 0 Å². The molecule has 0 aliphatic carbocycles. The van der Waals surface area contributed by atoms with Gasteiger partial charge in [-0.05, 0) is 26.0 Å². The fraction of sp³-hybridized carbons (Fsp3) is 0.333. The molecule has 0 atom stereocenters. The number of carbonyl (C=O) groups excluding carboxylic acids is 2. The molecule has 4 nitrogen and oxygen atoms in total. The van der Waals surface area contributed by atoms with E-state index < -0.39 is 0 Å². The van der Waals surface area contributed by atoms with Crippen LogP contribution in [0.25, 0.3) is 0 Å². The molecular weight excluding hydrogens is 204 g/mol. The van der Waals surface area contributed by atoms with Crippen molar-refractivity contribution in [1.29, 1.82) is 0 Å². The van der Waals surface area contributed by atoms with Crippen LogP contribution >= 0.6 is 0 Å². The molecule has 1 rings (SSSR count). The highest BCUT2D eigenvalue weighted by atomic mass is 16.2. The van der Waals surface area contributed by atoms with E-state index in [-0.39, 0.29) is 11.9 Å². The van der Waals surface area contributed by atoms with Crippen molar-refractivity contribution in [2.45, 2.75) is 20.3 Å². The van der Waals surface area contributed by atoms with Crippen molar-refractivity contribution < 1.29 is 9.59 Å². The number of nitrogens with zero attached hydrogens (tertiary/aromatic N) is 1. The second-order valence-corrected chi connectivity index (χ2v) is 3.79. The molecule has 1 fully saturated rings. The minimum atomic E-state index is -0.385. The maximum Gasteiger partial charge on any atom is 0.328 e. The van der Waals surface area contributed by atoms with E-state index in [4.69, 9.17) is 0 Å². The minimum absolute atomic E-state index is 0.230. The first-order chi connectivity index (χ1) is 7.54. The van der Waals surface area contributed by atoms with E-state index in [9.17, 15) is 9.59 Å². The fourth-order valence-corrected chi connectivity index (χ4v) is 1.33. The van der Waals surface area contributed by atoms with Gasteiger partial charge in [0.25, 0.3) is 0 Å². The quantitative estimate of drug-likeness (QED) is 0.739. The number of nitrogens with one attached hydrogen (secondary N) is 1. The second kappa shape index (κ2) is 5.30. The summed E-state index contributed by atoms with van der Waals surface area (Å²) < 4.78 is 0. The van der Waals surface area contributed by atoms with Crippen LogP contribution < -0.4 is 5.32 Å². The van der Waals surface area contributed by atoms with Crippen molar-refractivity contribution in [2.24, 2.45) is 0 Å². The lowest BCUT2D eigenvalue weighted by Gasteiger charge is -2.27. The summed E-state index contributed by atoms with van der Waals surface area (Å²) in [6.07, 6.45) is 5.65. The maximum absolute atomic E-state index is 11.5. The Balaban J connectivity index is 2.85. The van der Waals surface area contributed by atoms with Gasteiger partial charge in [0, 0.05) is 18.7 Å². The summed E-state index contributed by atoms with van der Waals surface area (Å²) in [5, 5.41) is 2.27. The smallest absolute Gasteiger partial charge is 0.294 e. The standard InChI is InChI=1S/C12H16N2O2/c1-4-10(6-5-9(2)3)14-8-7-11(15)13-12(14)16/h4-6H,1,7-8H2,2-3H3,(H,13,15,16)/b10-6+. The monoisotopic (exact) mass is 220 g/mol. The van der Waals surface area contributed by atoms with Gasteiger partial charge in [-0.1, -0.05) is 18.2 Å². The Labute approximate surface area is 95.3 Å². The minimum Gasteiger partial charge on any atom is -0.294 e. The number of urea groups is 1. The van der Waals surface area contributed by atoms with Crippen molar-refractivity contribution >= 4 is 11.9 Å². The summed E-state index contributed by atoms with van der Waals surface area (Å²) in [5.74, 6) is -0.230. The van der Waals surface area contributed by atoms with Crippen molar-refractivity contribution in [2.75, 3.05) is 6.54 Å². The molecule has 1 saturated heterocycles. The normalized spacial score (nSPS) is 16.9. The lowest BCUT2D eigenvalue weighted by Crippen LogP contribution is -2.48. The molecule has 1 aliphatic rings. The van der Waals surface area contributed by atoms with Crippen LogP contribution in [0.15, 0.2) is 36.1 Å². The molecule has 0 spiro atoms. The Morgan fingerprint density at radius 2 is 2.06 bits per heavy atom. The number of rotatable bonds is 3. The van der Waals surface area contributed by atoms with Crippen molar-refractivity contribution in [3.8, 4) is 0 Å². The number of imide groups is 1.